The molecule has 4 heavy (non-hydrogen) atoms. The predicted molar refractivity (Wildman–Crippen MR) is 6.08 cm³/mol. The largest absolute Gasteiger partial charge is 1.00 e. The number of hydrogen-bond donors (Lipinski definition) is 0. The molecule has 0 heterocycles. The van der Waals surface area contributed by atoms with Crippen LogP contribution in [0.5, 0.6) is 0 Å². The molecule has 0 aliphatic carbocycles. The SMILES string of the molecule is [C-]#N.[H-].[K+].[Zn]. The van der Waals surface area contributed by atoms with Crippen LogP contribution in [-0.4, -0.2) is 0 Å². The van der Waals surface area contributed by atoms with Gasteiger partial charge >= 0.3 is 51.4 Å². The van der Waals surface area contributed by atoms with Gasteiger partial charge in [-0.15, -0.1) is 0 Å². The first-order valence-corrected chi connectivity index (χ1v) is 0.224. The van der Waals surface area contributed by atoms with Crippen molar-refractivity contribution >= 4 is 0 Å². The van der Waals surface area contributed by atoms with Gasteiger partial charge in [-0.1, -0.05) is 0 Å². The first kappa shape index (κ1) is 17.2. The van der Waals surface area contributed by atoms with Crippen LogP contribution in [0.2, 0.25) is 0 Å². The normalized spacial score (nSPS) is 0.500. The van der Waals surface area contributed by atoms with Crippen LogP contribution in [0, 0.1) is 11.8 Å². The second-order valence-corrected chi connectivity index (χ2v) is 0. The summed E-state index contributed by atoms with van der Waals surface area (Å²) in [6, 6.07) is 0. The summed E-state index contributed by atoms with van der Waals surface area (Å²) < 4.78 is 0. The van der Waals surface area contributed by atoms with Gasteiger partial charge in [0, 0.05) is 19.5 Å². The molecule has 0 radical (unpaired) electrons. The summed E-state index contributed by atoms with van der Waals surface area (Å²) in [4.78, 5) is 0. The molecule has 0 aromatic rings. The summed E-state index contributed by atoms with van der Waals surface area (Å²) in [5.41, 5.74) is 0. The third-order valence-corrected chi connectivity index (χ3v) is 0. The Balaban J connectivity index is -0.00000000167. The van der Waals surface area contributed by atoms with E-state index in [-0.39, 0.29) is 72.3 Å². The van der Waals surface area contributed by atoms with Crippen LogP contribution in [0.25, 0.3) is 0 Å². The van der Waals surface area contributed by atoms with E-state index in [4.69, 9.17) is 11.8 Å². The smallest absolute Gasteiger partial charge is 1.00 e. The minimum Gasteiger partial charge on any atom is -1.00 e. The quantitative estimate of drug-likeness (QED) is 0.258. The van der Waals surface area contributed by atoms with Gasteiger partial charge in [0.15, 0.2) is 0 Å². The van der Waals surface area contributed by atoms with E-state index < -0.39 is 0 Å². The third-order valence-electron chi connectivity index (χ3n) is 0. The van der Waals surface area contributed by atoms with Gasteiger partial charge in [0.2, 0.25) is 0 Å². The molecule has 0 aliphatic heterocycles. The maximum Gasteiger partial charge on any atom is 1.00 e. The zero-order valence-corrected chi connectivity index (χ0v) is 8.74. The minimum atomic E-state index is 0. The Morgan fingerprint density at radius 1 is 1.50 bits per heavy atom. The van der Waals surface area contributed by atoms with Crippen LogP contribution in [0.4, 0.5) is 0 Å². The van der Waals surface area contributed by atoms with E-state index in [1.807, 2.05) is 0 Å². The fourth-order valence-electron chi connectivity index (χ4n) is 0. The van der Waals surface area contributed by atoms with Crippen LogP contribution in [-0.2, 0) is 19.5 Å². The average molecular weight is 132 g/mol. The van der Waals surface area contributed by atoms with E-state index in [1.165, 1.54) is 0 Å². The molecule has 1 nitrogen and oxygen atoms in total. The molecule has 0 bridgehead atoms. The molecular weight excluding hydrogens is 131 g/mol. The molecule has 0 rings (SSSR count). The molecule has 3 heteroatoms. The Hall–Kier alpha value is 1.75. The molecule has 0 atom stereocenters. The molecule has 14 valence electrons. The molecule has 0 amide bonds. The molecule has 0 spiro atoms. The average Bonchev–Trinajstić information content (AvgIpc) is 1.00. The van der Waals surface area contributed by atoms with Crippen LogP contribution in [0.15, 0.2) is 0 Å². The van der Waals surface area contributed by atoms with Crippen LogP contribution in [0.1, 0.15) is 1.43 Å². The maximum atomic E-state index is 6.25. The molecular formula is CHKNZn-. The fraction of sp³-hybridized carbons (Fsp3) is 0. The van der Waals surface area contributed by atoms with Gasteiger partial charge in [0.05, 0.1) is 0 Å². The van der Waals surface area contributed by atoms with E-state index in [0.717, 1.165) is 0 Å². The van der Waals surface area contributed by atoms with Crippen molar-refractivity contribution in [2.45, 2.75) is 0 Å². The van der Waals surface area contributed by atoms with E-state index >= 15 is 0 Å². The van der Waals surface area contributed by atoms with E-state index in [1.54, 1.807) is 0 Å². The van der Waals surface area contributed by atoms with Crippen LogP contribution < -0.4 is 51.4 Å². The van der Waals surface area contributed by atoms with Crippen molar-refractivity contribution in [1.82, 2.24) is 0 Å². The van der Waals surface area contributed by atoms with Crippen molar-refractivity contribution in [3.8, 4) is 0 Å². The van der Waals surface area contributed by atoms with E-state index in [9.17, 15) is 0 Å². The molecule has 0 unspecified atom stereocenters. The first-order valence-electron chi connectivity index (χ1n) is 0.224. The van der Waals surface area contributed by atoms with E-state index in [2.05, 4.69) is 0 Å². The summed E-state index contributed by atoms with van der Waals surface area (Å²) in [7, 11) is 0. The second-order valence-electron chi connectivity index (χ2n) is 0. The van der Waals surface area contributed by atoms with Crippen molar-refractivity contribution in [3.05, 3.63) is 6.57 Å². The molecule has 0 N–H and O–H groups in total. The van der Waals surface area contributed by atoms with E-state index in [0.29, 0.717) is 0 Å². The van der Waals surface area contributed by atoms with Crippen LogP contribution >= 0.6 is 0 Å². The Labute approximate surface area is 82.4 Å². The van der Waals surface area contributed by atoms with Gasteiger partial charge in [0.1, 0.15) is 0 Å². The molecule has 0 saturated carbocycles. The topological polar surface area (TPSA) is 23.8 Å². The summed E-state index contributed by atoms with van der Waals surface area (Å²) in [5, 5.41) is 6.25. The Bertz CT molecular complexity index is 16.4. The fourth-order valence-corrected chi connectivity index (χ4v) is 0. The van der Waals surface area contributed by atoms with Gasteiger partial charge in [-0.05, 0) is 0 Å². The zero-order chi connectivity index (χ0) is 2.00. The van der Waals surface area contributed by atoms with Gasteiger partial charge in [-0.25, -0.2) is 0 Å². The summed E-state index contributed by atoms with van der Waals surface area (Å²) in [5.74, 6) is 0. The molecule has 0 aromatic heterocycles. The number of hydrogen-bond acceptors (Lipinski definition) is 1. The summed E-state index contributed by atoms with van der Waals surface area (Å²) >= 11 is 0. The van der Waals surface area contributed by atoms with Gasteiger partial charge in [-0.3, -0.25) is 0 Å². The van der Waals surface area contributed by atoms with Crippen LogP contribution in [0.3, 0.4) is 0 Å². The van der Waals surface area contributed by atoms with Crippen molar-refractivity contribution in [3.63, 3.8) is 0 Å². The van der Waals surface area contributed by atoms with Gasteiger partial charge < -0.3 is 13.3 Å². The molecule has 0 fully saturated rings. The standard InChI is InChI=1S/CN.K.Zn.H/c1-2;;;/q-1;+1;;-1. The third kappa shape index (κ3) is 9.26. The van der Waals surface area contributed by atoms with Gasteiger partial charge in [-0.2, -0.15) is 0 Å². The Morgan fingerprint density at radius 2 is 1.50 bits per heavy atom. The van der Waals surface area contributed by atoms with Crippen molar-refractivity contribution in [2.24, 2.45) is 0 Å². The predicted octanol–water partition coefficient (Wildman–Crippen LogP) is -2.79. The van der Waals surface area contributed by atoms with Gasteiger partial charge in [0.25, 0.3) is 0 Å². The minimum absolute atomic E-state index is 0. The van der Waals surface area contributed by atoms with Crippen molar-refractivity contribution < 1.29 is 72.3 Å². The number of nitrogens with zero attached hydrogens (tertiary/aromatic N) is 1. The first-order chi connectivity index (χ1) is 1.00. The monoisotopic (exact) mass is 130 g/mol. The number of rotatable bonds is 0. The second kappa shape index (κ2) is 21.8. The molecule has 0 aromatic carbocycles. The van der Waals surface area contributed by atoms with Crippen molar-refractivity contribution in [1.29, 1.82) is 5.26 Å². The maximum absolute atomic E-state index is 6.25. The zero-order valence-electron chi connectivity index (χ0n) is 3.65. The molecule has 0 aliphatic rings. The summed E-state index contributed by atoms with van der Waals surface area (Å²) in [6.45, 7) is 4.75. The Morgan fingerprint density at radius 3 is 1.50 bits per heavy atom. The summed E-state index contributed by atoms with van der Waals surface area (Å²) in [6.07, 6.45) is 0. The Kier molecular flexibility index (Phi) is 93.6. The van der Waals surface area contributed by atoms with Crippen molar-refractivity contribution in [2.75, 3.05) is 0 Å². The molecule has 0 saturated heterocycles.